The molecule has 114 valence electrons. The molecule has 0 bridgehead atoms. The monoisotopic (exact) mass is 337 g/mol. The van der Waals surface area contributed by atoms with Crippen LogP contribution in [0.15, 0.2) is 22.9 Å². The molecular weight excluding hydrogens is 312 g/mol. The molecule has 3 aromatic heterocycles. The third-order valence-corrected chi connectivity index (χ3v) is 8.89. The van der Waals surface area contributed by atoms with E-state index in [1.54, 1.807) is 18.8 Å². The van der Waals surface area contributed by atoms with Crippen molar-refractivity contribution in [1.29, 1.82) is 0 Å². The van der Waals surface area contributed by atoms with Crippen LogP contribution in [0.1, 0.15) is 58.3 Å². The summed E-state index contributed by atoms with van der Waals surface area (Å²) in [7, 11) is 0.396. The maximum absolute atomic E-state index is 2.38. The summed E-state index contributed by atoms with van der Waals surface area (Å²) in [4.78, 5) is 0. The van der Waals surface area contributed by atoms with Crippen LogP contribution in [0, 0.1) is 0 Å². The maximum atomic E-state index is 2.38. The SMILES string of the molecule is CCCCCCCCCC[s+]1c2ccsc2c2sccc21. The van der Waals surface area contributed by atoms with Crippen LogP contribution >= 0.6 is 33.1 Å². The normalized spacial score (nSPS) is 11.9. The lowest BCUT2D eigenvalue weighted by atomic mass is 10.1. The van der Waals surface area contributed by atoms with E-state index in [1.165, 1.54) is 57.1 Å². The Morgan fingerprint density at radius 1 is 0.762 bits per heavy atom. The zero-order valence-electron chi connectivity index (χ0n) is 12.9. The van der Waals surface area contributed by atoms with Crippen molar-refractivity contribution in [3.05, 3.63) is 22.9 Å². The van der Waals surface area contributed by atoms with Crippen LogP contribution in [0.2, 0.25) is 0 Å². The van der Waals surface area contributed by atoms with Gasteiger partial charge in [-0.25, -0.2) is 0 Å². The van der Waals surface area contributed by atoms with Gasteiger partial charge in [0, 0.05) is 12.1 Å². The third-order valence-electron chi connectivity index (χ3n) is 4.20. The largest absolute Gasteiger partial charge is 0.193 e. The van der Waals surface area contributed by atoms with Crippen molar-refractivity contribution in [3.8, 4) is 0 Å². The summed E-state index contributed by atoms with van der Waals surface area (Å²) < 4.78 is 6.43. The second kappa shape index (κ2) is 7.75. The molecule has 0 fully saturated rings. The number of aryl methyl sites for hydroxylation is 1. The molecule has 3 heteroatoms. The number of rotatable bonds is 9. The minimum absolute atomic E-state index is 0.396. The Morgan fingerprint density at radius 3 is 1.86 bits per heavy atom. The van der Waals surface area contributed by atoms with Gasteiger partial charge >= 0.3 is 0 Å². The summed E-state index contributed by atoms with van der Waals surface area (Å²) in [6.07, 6.45) is 11.4. The fourth-order valence-electron chi connectivity index (χ4n) is 3.03. The Labute approximate surface area is 138 Å². The molecule has 0 amide bonds. The van der Waals surface area contributed by atoms with E-state index in [9.17, 15) is 0 Å². The van der Waals surface area contributed by atoms with Crippen molar-refractivity contribution in [2.75, 3.05) is 0 Å². The molecule has 0 atom stereocenters. The summed E-state index contributed by atoms with van der Waals surface area (Å²) in [5.41, 5.74) is 0. The lowest BCUT2D eigenvalue weighted by Crippen LogP contribution is -1.81. The first-order valence-corrected chi connectivity index (χ1v) is 11.4. The van der Waals surface area contributed by atoms with Crippen molar-refractivity contribution < 1.29 is 0 Å². The number of hydrogen-bond donors (Lipinski definition) is 0. The first-order chi connectivity index (χ1) is 10.4. The van der Waals surface area contributed by atoms with Crippen LogP contribution in [-0.2, 0) is 5.75 Å². The van der Waals surface area contributed by atoms with Crippen molar-refractivity contribution >= 4 is 51.9 Å². The fraction of sp³-hybridized carbons (Fsp3) is 0.556. The first-order valence-electron chi connectivity index (χ1n) is 8.28. The van der Waals surface area contributed by atoms with E-state index in [4.69, 9.17) is 0 Å². The Balaban J connectivity index is 1.50. The lowest BCUT2D eigenvalue weighted by Gasteiger charge is -1.99. The Hall–Kier alpha value is -0.380. The molecule has 0 aliphatic carbocycles. The van der Waals surface area contributed by atoms with E-state index in [2.05, 4.69) is 29.8 Å². The lowest BCUT2D eigenvalue weighted by molar-refractivity contribution is 0.582. The quantitative estimate of drug-likeness (QED) is 0.274. The summed E-state index contributed by atoms with van der Waals surface area (Å²) in [6, 6.07) is 4.75. The van der Waals surface area contributed by atoms with Crippen LogP contribution in [0.5, 0.6) is 0 Å². The van der Waals surface area contributed by atoms with Gasteiger partial charge in [0.1, 0.15) is 15.2 Å². The molecular formula is C18H25S3+. The van der Waals surface area contributed by atoms with Gasteiger partial charge in [-0.05, 0) is 34.1 Å². The summed E-state index contributed by atoms with van der Waals surface area (Å²) in [6.45, 7) is 2.29. The molecule has 3 aromatic rings. The average Bonchev–Trinajstić information content (AvgIpc) is 3.17. The Morgan fingerprint density at radius 2 is 1.29 bits per heavy atom. The second-order valence-corrected chi connectivity index (χ2v) is 9.70. The molecule has 3 heterocycles. The molecule has 0 N–H and O–H groups in total. The van der Waals surface area contributed by atoms with Crippen molar-refractivity contribution in [3.63, 3.8) is 0 Å². The molecule has 0 aromatic carbocycles. The van der Waals surface area contributed by atoms with Gasteiger partial charge in [-0.1, -0.05) is 45.4 Å². The second-order valence-electron chi connectivity index (χ2n) is 5.80. The first kappa shape index (κ1) is 15.5. The average molecular weight is 338 g/mol. The molecule has 0 spiro atoms. The van der Waals surface area contributed by atoms with Gasteiger partial charge in [0.25, 0.3) is 0 Å². The van der Waals surface area contributed by atoms with E-state index >= 15 is 0 Å². The number of thiophene rings is 3. The highest BCUT2D eigenvalue weighted by molar-refractivity contribution is 7.47. The van der Waals surface area contributed by atoms with Gasteiger partial charge in [-0.3, -0.25) is 0 Å². The van der Waals surface area contributed by atoms with E-state index in [0.717, 1.165) is 0 Å². The highest BCUT2D eigenvalue weighted by Gasteiger charge is 2.22. The van der Waals surface area contributed by atoms with Crippen LogP contribution in [-0.4, -0.2) is 0 Å². The molecule has 0 radical (unpaired) electrons. The highest BCUT2D eigenvalue weighted by Crippen LogP contribution is 2.48. The summed E-state index contributed by atoms with van der Waals surface area (Å²) in [5.74, 6) is 1.38. The van der Waals surface area contributed by atoms with Crippen molar-refractivity contribution in [2.24, 2.45) is 0 Å². The summed E-state index contributed by atoms with van der Waals surface area (Å²) in [5, 5.41) is 4.56. The molecule has 0 unspecified atom stereocenters. The number of unbranched alkanes of at least 4 members (excludes halogenated alkanes) is 7. The molecule has 21 heavy (non-hydrogen) atoms. The van der Waals surface area contributed by atoms with Gasteiger partial charge in [0.2, 0.25) is 0 Å². The molecule has 0 aliphatic heterocycles. The maximum Gasteiger partial charge on any atom is 0.193 e. The third kappa shape index (κ3) is 3.52. The van der Waals surface area contributed by atoms with Crippen LogP contribution in [0.3, 0.4) is 0 Å². The molecule has 3 rings (SSSR count). The Kier molecular flexibility index (Phi) is 5.73. The topological polar surface area (TPSA) is 0 Å². The zero-order valence-corrected chi connectivity index (χ0v) is 15.3. The van der Waals surface area contributed by atoms with Gasteiger partial charge in [0.05, 0.1) is 0 Å². The fourth-order valence-corrected chi connectivity index (χ4v) is 8.28. The smallest absolute Gasteiger partial charge is 0.137 e. The number of fused-ring (bicyclic) bond motifs is 3. The van der Waals surface area contributed by atoms with Gasteiger partial charge in [-0.15, -0.1) is 22.7 Å². The van der Waals surface area contributed by atoms with Crippen molar-refractivity contribution in [1.82, 2.24) is 0 Å². The van der Waals surface area contributed by atoms with Gasteiger partial charge in [0.15, 0.2) is 9.40 Å². The van der Waals surface area contributed by atoms with E-state index in [0.29, 0.717) is 10.5 Å². The predicted molar refractivity (Wildman–Crippen MR) is 102 cm³/mol. The molecule has 0 saturated heterocycles. The van der Waals surface area contributed by atoms with Crippen LogP contribution < -0.4 is 0 Å². The minimum atomic E-state index is 0.396. The summed E-state index contributed by atoms with van der Waals surface area (Å²) >= 11 is 3.87. The molecule has 0 saturated carbocycles. The van der Waals surface area contributed by atoms with Gasteiger partial charge < -0.3 is 0 Å². The standard InChI is InChI=1S/C18H25S3/c1-2-3-4-5-6-7-8-9-14-21-15-10-12-19-17(15)18-16(21)11-13-20-18/h10-13H,2-9,14H2,1H3/q+1. The van der Waals surface area contributed by atoms with Gasteiger partial charge in [-0.2, -0.15) is 0 Å². The molecule has 0 nitrogen and oxygen atoms in total. The number of hydrogen-bond acceptors (Lipinski definition) is 2. The zero-order chi connectivity index (χ0) is 14.5. The van der Waals surface area contributed by atoms with Crippen LogP contribution in [0.4, 0.5) is 0 Å². The molecule has 0 aliphatic rings. The van der Waals surface area contributed by atoms with E-state index in [-0.39, 0.29) is 0 Å². The highest BCUT2D eigenvalue weighted by atomic mass is 32.2. The predicted octanol–water partition coefficient (Wildman–Crippen LogP) is 8.01. The van der Waals surface area contributed by atoms with E-state index < -0.39 is 0 Å². The Bertz CT molecular complexity index is 623. The minimum Gasteiger partial charge on any atom is -0.137 e. The van der Waals surface area contributed by atoms with Crippen molar-refractivity contribution in [2.45, 2.75) is 64.0 Å². The van der Waals surface area contributed by atoms with Crippen LogP contribution in [0.25, 0.3) is 18.8 Å². The van der Waals surface area contributed by atoms with E-state index in [1.807, 2.05) is 22.7 Å².